The van der Waals surface area contributed by atoms with E-state index < -0.39 is 0 Å². The number of ether oxygens (including phenoxy) is 1. The van der Waals surface area contributed by atoms with Gasteiger partial charge in [0.05, 0.1) is 0 Å². The Morgan fingerprint density at radius 2 is 1.91 bits per heavy atom. The Morgan fingerprint density at radius 1 is 1.17 bits per heavy atom. The lowest BCUT2D eigenvalue weighted by Gasteiger charge is -2.10. The number of amides is 1. The molecule has 0 heterocycles. The maximum Gasteiger partial charge on any atom is 0.257 e. The van der Waals surface area contributed by atoms with Gasteiger partial charge in [-0.1, -0.05) is 49.7 Å². The standard InChI is InChI=1S/C19H22ClNO2/c1-14(2)16-4-3-5-18(12-16)23-13-19(22)21-11-10-15-6-8-17(20)9-7-15/h3-9,12,14H,10-11,13H2,1-2H3,(H,21,22). The van der Waals surface area contributed by atoms with E-state index in [1.165, 1.54) is 5.56 Å². The first kappa shape index (κ1) is 17.4. The van der Waals surface area contributed by atoms with E-state index >= 15 is 0 Å². The van der Waals surface area contributed by atoms with Crippen molar-refractivity contribution in [3.63, 3.8) is 0 Å². The van der Waals surface area contributed by atoms with E-state index in [1.54, 1.807) is 0 Å². The molecule has 122 valence electrons. The minimum atomic E-state index is -0.117. The fourth-order valence-electron chi connectivity index (χ4n) is 2.16. The molecular weight excluding hydrogens is 310 g/mol. The average Bonchev–Trinajstić information content (AvgIpc) is 2.55. The molecule has 2 rings (SSSR count). The zero-order valence-electron chi connectivity index (χ0n) is 13.5. The molecule has 0 atom stereocenters. The number of hydrogen-bond acceptors (Lipinski definition) is 2. The molecule has 0 fully saturated rings. The zero-order valence-corrected chi connectivity index (χ0v) is 14.3. The van der Waals surface area contributed by atoms with Crippen molar-refractivity contribution in [3.05, 3.63) is 64.7 Å². The van der Waals surface area contributed by atoms with Gasteiger partial charge in [0, 0.05) is 11.6 Å². The second kappa shape index (κ2) is 8.59. The number of halogens is 1. The molecule has 2 aromatic carbocycles. The maximum absolute atomic E-state index is 11.8. The molecule has 0 aliphatic heterocycles. The quantitative estimate of drug-likeness (QED) is 0.825. The minimum Gasteiger partial charge on any atom is -0.484 e. The van der Waals surface area contributed by atoms with E-state index in [1.807, 2.05) is 42.5 Å². The second-order valence-electron chi connectivity index (χ2n) is 5.74. The molecule has 2 aromatic rings. The number of carbonyl (C=O) groups excluding carboxylic acids is 1. The van der Waals surface area contributed by atoms with Crippen molar-refractivity contribution < 1.29 is 9.53 Å². The fraction of sp³-hybridized carbons (Fsp3) is 0.316. The lowest BCUT2D eigenvalue weighted by atomic mass is 10.0. The second-order valence-corrected chi connectivity index (χ2v) is 6.18. The third-order valence-corrected chi connectivity index (χ3v) is 3.80. The van der Waals surface area contributed by atoms with E-state index in [0.717, 1.165) is 22.8 Å². The Bertz CT molecular complexity index is 638. The van der Waals surface area contributed by atoms with Gasteiger partial charge in [0.1, 0.15) is 5.75 Å². The highest BCUT2D eigenvalue weighted by Crippen LogP contribution is 2.19. The van der Waals surface area contributed by atoms with Crippen LogP contribution in [0.5, 0.6) is 5.75 Å². The van der Waals surface area contributed by atoms with Crippen molar-refractivity contribution in [2.45, 2.75) is 26.2 Å². The molecule has 0 bridgehead atoms. The fourth-order valence-corrected chi connectivity index (χ4v) is 2.29. The van der Waals surface area contributed by atoms with E-state index in [4.69, 9.17) is 16.3 Å². The van der Waals surface area contributed by atoms with Crippen molar-refractivity contribution in [3.8, 4) is 5.75 Å². The summed E-state index contributed by atoms with van der Waals surface area (Å²) in [5, 5.41) is 3.57. The van der Waals surface area contributed by atoms with E-state index in [0.29, 0.717) is 12.5 Å². The predicted molar refractivity (Wildman–Crippen MR) is 94.2 cm³/mol. The number of carbonyl (C=O) groups is 1. The van der Waals surface area contributed by atoms with Crippen LogP contribution in [0.4, 0.5) is 0 Å². The summed E-state index contributed by atoms with van der Waals surface area (Å²) in [7, 11) is 0. The number of rotatable bonds is 7. The molecule has 0 radical (unpaired) electrons. The van der Waals surface area contributed by atoms with Crippen molar-refractivity contribution in [2.24, 2.45) is 0 Å². The molecule has 23 heavy (non-hydrogen) atoms. The van der Waals surface area contributed by atoms with Crippen molar-refractivity contribution >= 4 is 17.5 Å². The minimum absolute atomic E-state index is 0.0299. The first-order valence-electron chi connectivity index (χ1n) is 7.78. The summed E-state index contributed by atoms with van der Waals surface area (Å²) < 4.78 is 5.55. The number of benzene rings is 2. The van der Waals surface area contributed by atoms with Crippen molar-refractivity contribution in [1.29, 1.82) is 0 Å². The molecule has 1 amide bonds. The van der Waals surface area contributed by atoms with Crippen LogP contribution in [0.2, 0.25) is 5.02 Å². The summed E-state index contributed by atoms with van der Waals surface area (Å²) in [5.74, 6) is 1.05. The summed E-state index contributed by atoms with van der Waals surface area (Å²) in [6.07, 6.45) is 0.770. The van der Waals surface area contributed by atoms with Crippen LogP contribution in [-0.2, 0) is 11.2 Å². The van der Waals surface area contributed by atoms with Gasteiger partial charge in [-0.3, -0.25) is 4.79 Å². The molecule has 0 aromatic heterocycles. The summed E-state index contributed by atoms with van der Waals surface area (Å²) >= 11 is 5.84. The van der Waals surface area contributed by atoms with Crippen LogP contribution in [0, 0.1) is 0 Å². The molecule has 4 heteroatoms. The normalized spacial score (nSPS) is 10.6. The van der Waals surface area contributed by atoms with Gasteiger partial charge >= 0.3 is 0 Å². The van der Waals surface area contributed by atoms with Gasteiger partial charge < -0.3 is 10.1 Å². The number of hydrogen-bond donors (Lipinski definition) is 1. The Labute approximate surface area is 142 Å². The highest BCUT2D eigenvalue weighted by Gasteiger charge is 2.05. The van der Waals surface area contributed by atoms with Crippen molar-refractivity contribution in [2.75, 3.05) is 13.2 Å². The van der Waals surface area contributed by atoms with Gasteiger partial charge in [-0.25, -0.2) is 0 Å². The topological polar surface area (TPSA) is 38.3 Å². The maximum atomic E-state index is 11.8. The Balaban J connectivity index is 1.72. The van der Waals surface area contributed by atoms with E-state index in [2.05, 4.69) is 25.2 Å². The molecule has 0 spiro atoms. The highest BCUT2D eigenvalue weighted by molar-refractivity contribution is 6.30. The van der Waals surface area contributed by atoms with Gasteiger partial charge in [-0.05, 0) is 47.7 Å². The smallest absolute Gasteiger partial charge is 0.257 e. The van der Waals surface area contributed by atoms with Gasteiger partial charge in [0.15, 0.2) is 6.61 Å². The Morgan fingerprint density at radius 3 is 2.61 bits per heavy atom. The van der Waals surface area contributed by atoms with Crippen LogP contribution >= 0.6 is 11.6 Å². The van der Waals surface area contributed by atoms with Gasteiger partial charge in [0.2, 0.25) is 0 Å². The number of nitrogens with one attached hydrogen (secondary N) is 1. The largest absolute Gasteiger partial charge is 0.484 e. The molecule has 1 N–H and O–H groups in total. The summed E-state index contributed by atoms with van der Waals surface area (Å²) in [5.41, 5.74) is 2.34. The van der Waals surface area contributed by atoms with Crippen molar-refractivity contribution in [1.82, 2.24) is 5.32 Å². The third-order valence-electron chi connectivity index (χ3n) is 3.54. The summed E-state index contributed by atoms with van der Waals surface area (Å²) in [6, 6.07) is 15.5. The van der Waals surface area contributed by atoms with Crippen LogP contribution in [0.1, 0.15) is 30.9 Å². The first-order chi connectivity index (χ1) is 11.0. The lowest BCUT2D eigenvalue weighted by Crippen LogP contribution is -2.30. The lowest BCUT2D eigenvalue weighted by molar-refractivity contribution is -0.123. The Hall–Kier alpha value is -2.00. The van der Waals surface area contributed by atoms with Gasteiger partial charge in [-0.15, -0.1) is 0 Å². The molecule has 0 aliphatic rings. The van der Waals surface area contributed by atoms with Crippen LogP contribution in [0.25, 0.3) is 0 Å². The average molecular weight is 332 g/mol. The summed E-state index contributed by atoms with van der Waals surface area (Å²) in [4.78, 5) is 11.8. The first-order valence-corrected chi connectivity index (χ1v) is 8.16. The van der Waals surface area contributed by atoms with E-state index in [9.17, 15) is 4.79 Å². The molecule has 3 nitrogen and oxygen atoms in total. The third kappa shape index (κ3) is 5.95. The van der Waals surface area contributed by atoms with Crippen LogP contribution in [-0.4, -0.2) is 19.1 Å². The van der Waals surface area contributed by atoms with Gasteiger partial charge in [-0.2, -0.15) is 0 Å². The Kier molecular flexibility index (Phi) is 6.48. The predicted octanol–water partition coefficient (Wildman–Crippen LogP) is 4.20. The summed E-state index contributed by atoms with van der Waals surface area (Å²) in [6.45, 7) is 4.86. The van der Waals surface area contributed by atoms with Gasteiger partial charge in [0.25, 0.3) is 5.91 Å². The molecule has 0 unspecified atom stereocenters. The molecular formula is C19H22ClNO2. The van der Waals surface area contributed by atoms with E-state index in [-0.39, 0.29) is 12.5 Å². The molecule has 0 saturated carbocycles. The van der Waals surface area contributed by atoms with Crippen LogP contribution in [0.15, 0.2) is 48.5 Å². The molecule has 0 aliphatic carbocycles. The highest BCUT2D eigenvalue weighted by atomic mass is 35.5. The zero-order chi connectivity index (χ0) is 16.7. The van der Waals surface area contributed by atoms with Crippen LogP contribution in [0.3, 0.4) is 0 Å². The van der Waals surface area contributed by atoms with Crippen LogP contribution < -0.4 is 10.1 Å². The SMILES string of the molecule is CC(C)c1cccc(OCC(=O)NCCc2ccc(Cl)cc2)c1. The molecule has 0 saturated heterocycles. The monoisotopic (exact) mass is 331 g/mol.